The van der Waals surface area contributed by atoms with Crippen LogP contribution in [0.5, 0.6) is 0 Å². The molecule has 0 aromatic heterocycles. The second kappa shape index (κ2) is 16.6. The highest BCUT2D eigenvalue weighted by molar-refractivity contribution is 5.98. The molecule has 7 N–H and O–H groups in total. The molecule has 0 saturated heterocycles. The lowest BCUT2D eigenvalue weighted by molar-refractivity contribution is -0.142. The Hall–Kier alpha value is -4.16. The molecule has 216 valence electrons. The van der Waals surface area contributed by atoms with E-state index in [1.807, 2.05) is 0 Å². The molecule has 0 aliphatic heterocycles. The first-order valence-corrected chi connectivity index (χ1v) is 12.7. The first-order valence-electron chi connectivity index (χ1n) is 12.7. The third-order valence-corrected chi connectivity index (χ3v) is 5.75. The van der Waals surface area contributed by atoms with E-state index in [0.29, 0.717) is 12.1 Å². The zero-order chi connectivity index (χ0) is 29.5. The standard InChI is InChI=1S/C26H39N5O8/c1-15(2)22(31-23(35)16(3)7-12-21(33)34)25(37)30-20(6-5-13-28-26(27)38)24(36)29-19-10-8-18(9-11-19)14-39-17(4)32/h8-11,15-16,20,22H,5-7,12-14H2,1-4H3,(H,29,36)(H,30,37)(H,31,35)(H,33,34)(H3,27,28,38)/t16?,20-,22?/m0/s1. The summed E-state index contributed by atoms with van der Waals surface area (Å²) in [7, 11) is 0. The van der Waals surface area contributed by atoms with Crippen LogP contribution in [0.4, 0.5) is 10.5 Å². The summed E-state index contributed by atoms with van der Waals surface area (Å²) in [5.41, 5.74) is 6.25. The summed E-state index contributed by atoms with van der Waals surface area (Å²) in [6.07, 6.45) is 0.425. The van der Waals surface area contributed by atoms with Crippen molar-refractivity contribution in [2.45, 2.75) is 72.1 Å². The molecule has 0 radical (unpaired) electrons. The van der Waals surface area contributed by atoms with Gasteiger partial charge in [-0.1, -0.05) is 32.9 Å². The van der Waals surface area contributed by atoms with Crippen LogP contribution in [0.3, 0.4) is 0 Å². The van der Waals surface area contributed by atoms with Crippen molar-refractivity contribution in [3.63, 3.8) is 0 Å². The van der Waals surface area contributed by atoms with Gasteiger partial charge in [-0.05, 0) is 42.9 Å². The number of aliphatic carboxylic acids is 1. The average Bonchev–Trinajstić information content (AvgIpc) is 2.86. The fourth-order valence-electron chi connectivity index (χ4n) is 3.45. The normalized spacial score (nSPS) is 12.9. The van der Waals surface area contributed by atoms with E-state index in [1.165, 1.54) is 6.92 Å². The van der Waals surface area contributed by atoms with E-state index in [2.05, 4.69) is 21.3 Å². The minimum absolute atomic E-state index is 0.0896. The number of amides is 5. The summed E-state index contributed by atoms with van der Waals surface area (Å²) in [6.45, 7) is 6.62. The van der Waals surface area contributed by atoms with Gasteiger partial charge in [0.15, 0.2) is 0 Å². The maximum atomic E-state index is 13.2. The van der Waals surface area contributed by atoms with Crippen LogP contribution in [-0.4, -0.2) is 59.4 Å². The molecule has 39 heavy (non-hydrogen) atoms. The van der Waals surface area contributed by atoms with Crippen molar-refractivity contribution in [3.05, 3.63) is 29.8 Å². The van der Waals surface area contributed by atoms with Gasteiger partial charge in [0.25, 0.3) is 0 Å². The largest absolute Gasteiger partial charge is 0.481 e. The molecular formula is C26H39N5O8. The zero-order valence-corrected chi connectivity index (χ0v) is 22.7. The second-order valence-electron chi connectivity index (χ2n) is 9.52. The third kappa shape index (κ3) is 13.3. The first kappa shape index (κ1) is 32.9. The number of carbonyl (C=O) groups excluding carboxylic acids is 5. The molecule has 5 amide bonds. The van der Waals surface area contributed by atoms with E-state index in [9.17, 15) is 28.8 Å². The summed E-state index contributed by atoms with van der Waals surface area (Å²) < 4.78 is 4.94. The number of nitrogens with one attached hydrogen (secondary N) is 4. The molecule has 0 bridgehead atoms. The molecule has 1 aromatic carbocycles. The van der Waals surface area contributed by atoms with E-state index in [1.54, 1.807) is 45.0 Å². The van der Waals surface area contributed by atoms with Gasteiger partial charge in [0.05, 0.1) is 0 Å². The van der Waals surface area contributed by atoms with Crippen LogP contribution >= 0.6 is 0 Å². The Kier molecular flexibility index (Phi) is 14.0. The zero-order valence-electron chi connectivity index (χ0n) is 22.7. The van der Waals surface area contributed by atoms with Gasteiger partial charge in [0.1, 0.15) is 18.7 Å². The van der Waals surface area contributed by atoms with Crippen LogP contribution in [0, 0.1) is 11.8 Å². The number of carboxylic acids is 1. The van der Waals surface area contributed by atoms with E-state index >= 15 is 0 Å². The summed E-state index contributed by atoms with van der Waals surface area (Å²) in [5, 5.41) is 19.4. The number of carboxylic acid groups (broad SMARTS) is 1. The number of urea groups is 1. The van der Waals surface area contributed by atoms with Crippen molar-refractivity contribution >= 4 is 41.4 Å². The highest BCUT2D eigenvalue weighted by Crippen LogP contribution is 2.13. The Labute approximate surface area is 227 Å². The number of anilines is 1. The van der Waals surface area contributed by atoms with Crippen LogP contribution in [0.25, 0.3) is 0 Å². The summed E-state index contributed by atoms with van der Waals surface area (Å²) >= 11 is 0. The van der Waals surface area contributed by atoms with Gasteiger partial charge < -0.3 is 36.8 Å². The molecule has 13 heteroatoms. The molecule has 2 unspecified atom stereocenters. The number of rotatable bonds is 16. The van der Waals surface area contributed by atoms with Crippen molar-refractivity contribution in [1.29, 1.82) is 0 Å². The Bertz CT molecular complexity index is 1010. The van der Waals surface area contributed by atoms with Gasteiger partial charge >= 0.3 is 18.0 Å². The Morgan fingerprint density at radius 3 is 2.10 bits per heavy atom. The van der Waals surface area contributed by atoms with Crippen molar-refractivity contribution in [2.75, 3.05) is 11.9 Å². The molecule has 3 atom stereocenters. The quantitative estimate of drug-likeness (QED) is 0.130. The highest BCUT2D eigenvalue weighted by Gasteiger charge is 2.30. The number of nitrogens with two attached hydrogens (primary N) is 1. The Morgan fingerprint density at radius 1 is 0.923 bits per heavy atom. The van der Waals surface area contributed by atoms with Crippen molar-refractivity contribution in [3.8, 4) is 0 Å². The first-order chi connectivity index (χ1) is 18.3. The van der Waals surface area contributed by atoms with Crippen LogP contribution in [0.1, 0.15) is 58.9 Å². The van der Waals surface area contributed by atoms with E-state index in [0.717, 1.165) is 5.56 Å². The van der Waals surface area contributed by atoms with Crippen molar-refractivity contribution in [1.82, 2.24) is 16.0 Å². The van der Waals surface area contributed by atoms with E-state index in [-0.39, 0.29) is 38.3 Å². The molecule has 0 saturated carbocycles. The smallest absolute Gasteiger partial charge is 0.312 e. The predicted molar refractivity (Wildman–Crippen MR) is 142 cm³/mol. The molecular weight excluding hydrogens is 510 g/mol. The van der Waals surface area contributed by atoms with Gasteiger partial charge in [-0.25, -0.2) is 4.79 Å². The van der Waals surface area contributed by atoms with Crippen LogP contribution in [0.15, 0.2) is 24.3 Å². The molecule has 0 fully saturated rings. The Balaban J connectivity index is 2.93. The fraction of sp³-hybridized carbons (Fsp3) is 0.538. The fourth-order valence-corrected chi connectivity index (χ4v) is 3.45. The van der Waals surface area contributed by atoms with Crippen molar-refractivity contribution in [2.24, 2.45) is 17.6 Å². The number of hydrogen-bond acceptors (Lipinski definition) is 7. The van der Waals surface area contributed by atoms with E-state index < -0.39 is 53.7 Å². The topological polar surface area (TPSA) is 206 Å². The monoisotopic (exact) mass is 549 g/mol. The number of primary amides is 1. The lowest BCUT2D eigenvalue weighted by Crippen LogP contribution is -2.55. The van der Waals surface area contributed by atoms with Crippen molar-refractivity contribution < 1.29 is 38.6 Å². The Morgan fingerprint density at radius 2 is 1.56 bits per heavy atom. The molecule has 1 rings (SSSR count). The molecule has 13 nitrogen and oxygen atoms in total. The van der Waals surface area contributed by atoms with Gasteiger partial charge in [0.2, 0.25) is 17.7 Å². The number of benzene rings is 1. The SMILES string of the molecule is CC(=O)OCc1ccc(NC(=O)[C@H](CCCNC(N)=O)NC(=O)C(NC(=O)C(C)CCC(=O)O)C(C)C)cc1. The third-order valence-electron chi connectivity index (χ3n) is 5.75. The summed E-state index contributed by atoms with van der Waals surface area (Å²) in [6, 6.07) is 3.92. The minimum Gasteiger partial charge on any atom is -0.481 e. The van der Waals surface area contributed by atoms with Crippen LogP contribution in [0.2, 0.25) is 0 Å². The number of carbonyl (C=O) groups is 6. The lowest BCUT2D eigenvalue weighted by atomic mass is 9.99. The van der Waals surface area contributed by atoms with Crippen LogP contribution < -0.4 is 27.0 Å². The summed E-state index contributed by atoms with van der Waals surface area (Å²) in [4.78, 5) is 71.6. The number of hydrogen-bond donors (Lipinski definition) is 6. The summed E-state index contributed by atoms with van der Waals surface area (Å²) in [5.74, 6) is -3.95. The van der Waals surface area contributed by atoms with E-state index in [4.69, 9.17) is 15.6 Å². The highest BCUT2D eigenvalue weighted by atomic mass is 16.5. The van der Waals surface area contributed by atoms with Gasteiger partial charge in [-0.2, -0.15) is 0 Å². The maximum Gasteiger partial charge on any atom is 0.312 e. The molecule has 1 aromatic rings. The number of ether oxygens (including phenoxy) is 1. The molecule has 0 heterocycles. The second-order valence-corrected chi connectivity index (χ2v) is 9.52. The average molecular weight is 550 g/mol. The minimum atomic E-state index is -1.02. The van der Waals surface area contributed by atoms with Crippen LogP contribution in [-0.2, 0) is 35.3 Å². The molecule has 0 spiro atoms. The van der Waals surface area contributed by atoms with Gasteiger partial charge in [-0.3, -0.25) is 24.0 Å². The number of esters is 1. The van der Waals surface area contributed by atoms with Gasteiger partial charge in [-0.15, -0.1) is 0 Å². The lowest BCUT2D eigenvalue weighted by Gasteiger charge is -2.26. The molecule has 0 aliphatic carbocycles. The maximum absolute atomic E-state index is 13.2. The van der Waals surface area contributed by atoms with Gasteiger partial charge in [0, 0.05) is 31.5 Å². The molecule has 0 aliphatic rings. The predicted octanol–water partition coefficient (Wildman–Crippen LogP) is 1.26.